The van der Waals surface area contributed by atoms with E-state index >= 15 is 0 Å². The molecule has 1 aliphatic carbocycles. The Kier molecular flexibility index (Phi) is 4.05. The molecular formula is C22H23N7O. The summed E-state index contributed by atoms with van der Waals surface area (Å²) in [5.41, 5.74) is 4.78. The minimum absolute atomic E-state index is 0.262. The molecule has 0 aromatic carbocycles. The van der Waals surface area contributed by atoms with E-state index in [9.17, 15) is 0 Å². The zero-order valence-corrected chi connectivity index (χ0v) is 16.8. The Morgan fingerprint density at radius 2 is 2.13 bits per heavy atom. The summed E-state index contributed by atoms with van der Waals surface area (Å²) in [6.45, 7) is 4.41. The number of fused-ring (bicyclic) bond motifs is 1. The van der Waals surface area contributed by atoms with Gasteiger partial charge in [-0.3, -0.25) is 14.8 Å². The van der Waals surface area contributed by atoms with Gasteiger partial charge in [0.05, 0.1) is 37.2 Å². The summed E-state index contributed by atoms with van der Waals surface area (Å²) in [6, 6.07) is 6.97. The number of nitrogens with one attached hydrogen (secondary N) is 1. The summed E-state index contributed by atoms with van der Waals surface area (Å²) in [7, 11) is 0. The van der Waals surface area contributed by atoms with Crippen molar-refractivity contribution in [2.75, 3.05) is 24.7 Å². The molecule has 1 atom stereocenters. The van der Waals surface area contributed by atoms with E-state index in [0.29, 0.717) is 19.3 Å². The first kappa shape index (κ1) is 17.6. The van der Waals surface area contributed by atoms with E-state index in [1.165, 1.54) is 12.8 Å². The predicted molar refractivity (Wildman–Crippen MR) is 114 cm³/mol. The molecule has 0 radical (unpaired) electrons. The normalized spacial score (nSPS) is 19.5. The van der Waals surface area contributed by atoms with Gasteiger partial charge in [0.15, 0.2) is 0 Å². The standard InChI is InChI=1S/C22H23N7O/c1-14-13-30-9-8-28(14)20-10-18(15-11-25-29(12-15)16-2-3-16)17-4-6-23-22(21(17)26-20)19-5-7-24-27-19/h4-7,10-12,14,16H,2-3,8-9,13H2,1H3,(H,24,27)/t14-/m1/s1. The second kappa shape index (κ2) is 6.91. The maximum Gasteiger partial charge on any atom is 0.130 e. The Labute approximate surface area is 173 Å². The number of hydrogen-bond acceptors (Lipinski definition) is 6. The van der Waals surface area contributed by atoms with Crippen molar-refractivity contribution in [1.29, 1.82) is 0 Å². The number of nitrogens with zero attached hydrogens (tertiary/aromatic N) is 6. The second-order valence-electron chi connectivity index (χ2n) is 8.11. The lowest BCUT2D eigenvalue weighted by atomic mass is 10.0. The third-order valence-corrected chi connectivity index (χ3v) is 5.97. The van der Waals surface area contributed by atoms with Crippen LogP contribution in [0.1, 0.15) is 25.8 Å². The highest BCUT2D eigenvalue weighted by atomic mass is 16.5. The Balaban J connectivity index is 1.58. The molecule has 8 heteroatoms. The van der Waals surface area contributed by atoms with Crippen molar-refractivity contribution >= 4 is 16.7 Å². The summed E-state index contributed by atoms with van der Waals surface area (Å²) >= 11 is 0. The van der Waals surface area contributed by atoms with Crippen LogP contribution in [0, 0.1) is 0 Å². The van der Waals surface area contributed by atoms with Crippen molar-refractivity contribution < 1.29 is 4.74 Å². The molecule has 0 bridgehead atoms. The van der Waals surface area contributed by atoms with E-state index < -0.39 is 0 Å². The molecule has 1 aliphatic heterocycles. The predicted octanol–water partition coefficient (Wildman–Crippen LogP) is 3.44. The molecule has 0 spiro atoms. The number of aromatic nitrogens is 6. The van der Waals surface area contributed by atoms with Crippen molar-refractivity contribution in [1.82, 2.24) is 29.9 Å². The van der Waals surface area contributed by atoms with Crippen molar-refractivity contribution in [3.63, 3.8) is 0 Å². The first-order chi connectivity index (χ1) is 14.8. The third kappa shape index (κ3) is 2.95. The summed E-state index contributed by atoms with van der Waals surface area (Å²) in [5, 5.41) is 12.8. The van der Waals surface area contributed by atoms with Crippen LogP contribution in [0.3, 0.4) is 0 Å². The molecule has 30 heavy (non-hydrogen) atoms. The van der Waals surface area contributed by atoms with Gasteiger partial charge in [-0.25, -0.2) is 4.98 Å². The van der Waals surface area contributed by atoms with Gasteiger partial charge >= 0.3 is 0 Å². The highest BCUT2D eigenvalue weighted by molar-refractivity contribution is 6.01. The molecule has 6 rings (SSSR count). The molecule has 1 N–H and O–H groups in total. The van der Waals surface area contributed by atoms with Crippen molar-refractivity contribution in [2.45, 2.75) is 31.8 Å². The van der Waals surface area contributed by atoms with Crippen molar-refractivity contribution in [2.24, 2.45) is 0 Å². The Morgan fingerprint density at radius 1 is 1.20 bits per heavy atom. The second-order valence-corrected chi connectivity index (χ2v) is 8.11. The highest BCUT2D eigenvalue weighted by Gasteiger charge is 2.26. The zero-order valence-electron chi connectivity index (χ0n) is 16.8. The molecule has 1 saturated heterocycles. The fourth-order valence-corrected chi connectivity index (χ4v) is 4.19. The van der Waals surface area contributed by atoms with Crippen molar-refractivity contribution in [3.8, 4) is 22.5 Å². The maximum atomic E-state index is 5.65. The summed E-state index contributed by atoms with van der Waals surface area (Å²) < 4.78 is 7.74. The quantitative estimate of drug-likeness (QED) is 0.564. The first-order valence-corrected chi connectivity index (χ1v) is 10.5. The molecule has 4 aromatic rings. The van der Waals surface area contributed by atoms with Crippen molar-refractivity contribution in [3.05, 3.63) is 43.0 Å². The number of aromatic amines is 1. The fraction of sp³-hybridized carbons (Fsp3) is 0.364. The van der Waals surface area contributed by atoms with Gasteiger partial charge in [-0.15, -0.1) is 0 Å². The summed E-state index contributed by atoms with van der Waals surface area (Å²) in [4.78, 5) is 12.0. The largest absolute Gasteiger partial charge is 0.377 e. The monoisotopic (exact) mass is 401 g/mol. The van der Waals surface area contributed by atoms with Gasteiger partial charge in [0, 0.05) is 36.1 Å². The SMILES string of the molecule is C[C@@H]1COCCN1c1cc(-c2cnn(C3CC3)c2)c2ccnc(-c3ccn[nH]3)c2n1. The smallest absolute Gasteiger partial charge is 0.130 e. The van der Waals surface area contributed by atoms with Gasteiger partial charge in [0.1, 0.15) is 17.0 Å². The molecule has 8 nitrogen and oxygen atoms in total. The van der Waals surface area contributed by atoms with Crippen LogP contribution in [0.2, 0.25) is 0 Å². The number of morpholine rings is 1. The van der Waals surface area contributed by atoms with E-state index in [2.05, 4.69) is 49.0 Å². The average Bonchev–Trinajstić information content (AvgIpc) is 3.26. The molecule has 1 saturated carbocycles. The molecular weight excluding hydrogens is 378 g/mol. The van der Waals surface area contributed by atoms with E-state index in [0.717, 1.165) is 45.8 Å². The van der Waals surface area contributed by atoms with Crippen LogP contribution in [-0.4, -0.2) is 55.7 Å². The van der Waals surface area contributed by atoms with E-state index in [1.54, 1.807) is 6.20 Å². The Bertz CT molecular complexity index is 1200. The minimum Gasteiger partial charge on any atom is -0.377 e. The number of ether oxygens (including phenoxy) is 1. The van der Waals surface area contributed by atoms with Gasteiger partial charge in [-0.05, 0) is 43.5 Å². The van der Waals surface area contributed by atoms with Gasteiger partial charge in [0.2, 0.25) is 0 Å². The number of anilines is 1. The average molecular weight is 401 g/mol. The van der Waals surface area contributed by atoms with Gasteiger partial charge in [-0.1, -0.05) is 0 Å². The lowest BCUT2D eigenvalue weighted by molar-refractivity contribution is 0.0986. The fourth-order valence-electron chi connectivity index (χ4n) is 4.19. The summed E-state index contributed by atoms with van der Waals surface area (Å²) in [5.74, 6) is 0.946. The highest BCUT2D eigenvalue weighted by Crippen LogP contribution is 2.38. The van der Waals surface area contributed by atoms with Crippen LogP contribution >= 0.6 is 0 Å². The molecule has 4 aromatic heterocycles. The van der Waals surface area contributed by atoms with Crippen LogP contribution in [0.4, 0.5) is 5.82 Å². The van der Waals surface area contributed by atoms with E-state index in [1.807, 2.05) is 24.5 Å². The number of hydrogen-bond donors (Lipinski definition) is 1. The summed E-state index contributed by atoms with van der Waals surface area (Å²) in [6.07, 6.45) is 10.1. The van der Waals surface area contributed by atoms with Crippen LogP contribution in [-0.2, 0) is 4.74 Å². The van der Waals surface area contributed by atoms with Crippen LogP contribution in [0.25, 0.3) is 33.4 Å². The van der Waals surface area contributed by atoms with E-state index in [4.69, 9.17) is 9.72 Å². The molecule has 2 aliphatic rings. The van der Waals surface area contributed by atoms with Gasteiger partial charge < -0.3 is 9.64 Å². The van der Waals surface area contributed by atoms with E-state index in [-0.39, 0.29) is 6.04 Å². The molecule has 5 heterocycles. The van der Waals surface area contributed by atoms with Crippen LogP contribution in [0.5, 0.6) is 0 Å². The third-order valence-electron chi connectivity index (χ3n) is 5.97. The lowest BCUT2D eigenvalue weighted by Crippen LogP contribution is -2.44. The Hall–Kier alpha value is -3.26. The molecule has 0 amide bonds. The van der Waals surface area contributed by atoms with Crippen LogP contribution in [0.15, 0.2) is 43.0 Å². The Morgan fingerprint density at radius 3 is 2.93 bits per heavy atom. The van der Waals surface area contributed by atoms with Crippen LogP contribution < -0.4 is 4.90 Å². The lowest BCUT2D eigenvalue weighted by Gasteiger charge is -2.34. The number of pyridine rings is 2. The molecule has 2 fully saturated rings. The maximum absolute atomic E-state index is 5.65. The first-order valence-electron chi connectivity index (χ1n) is 10.5. The topological polar surface area (TPSA) is 84.8 Å². The zero-order chi connectivity index (χ0) is 20.1. The molecule has 152 valence electrons. The minimum atomic E-state index is 0.262. The van der Waals surface area contributed by atoms with Gasteiger partial charge in [-0.2, -0.15) is 10.2 Å². The number of rotatable bonds is 4. The number of H-pyrrole nitrogens is 1. The molecule has 0 unspecified atom stereocenters. The van der Waals surface area contributed by atoms with Gasteiger partial charge in [0.25, 0.3) is 0 Å².